The van der Waals surface area contributed by atoms with Gasteiger partial charge in [0.15, 0.2) is 0 Å². The molecule has 0 saturated heterocycles. The summed E-state index contributed by atoms with van der Waals surface area (Å²) in [4.78, 5) is 12.8. The summed E-state index contributed by atoms with van der Waals surface area (Å²) in [7, 11) is 0. The summed E-state index contributed by atoms with van der Waals surface area (Å²) >= 11 is 0. The first-order valence-electron chi connectivity index (χ1n) is 7.87. The fourth-order valence-electron chi connectivity index (χ4n) is 2.33. The normalized spacial score (nSPS) is 11.7. The Labute approximate surface area is 149 Å². The highest BCUT2D eigenvalue weighted by molar-refractivity contribution is 6.51. The van der Waals surface area contributed by atoms with Crippen LogP contribution in [0, 0.1) is 11.6 Å². The van der Waals surface area contributed by atoms with Crippen molar-refractivity contribution in [2.45, 2.75) is 0 Å². The van der Waals surface area contributed by atoms with Crippen LogP contribution >= 0.6 is 0 Å². The largest absolute Gasteiger partial charge is 0.287 e. The van der Waals surface area contributed by atoms with Gasteiger partial charge in [-0.1, -0.05) is 66.7 Å². The molecule has 5 heteroatoms. The van der Waals surface area contributed by atoms with Crippen molar-refractivity contribution in [2.24, 2.45) is 10.2 Å². The molecule has 0 N–H and O–H groups in total. The molecule has 0 spiro atoms. The molecule has 0 fully saturated rings. The molecule has 0 heterocycles. The lowest BCUT2D eigenvalue weighted by atomic mass is 10.0. The van der Waals surface area contributed by atoms with Crippen LogP contribution in [0.3, 0.4) is 0 Å². The zero-order chi connectivity index (χ0) is 18.4. The first kappa shape index (κ1) is 17.4. The summed E-state index contributed by atoms with van der Waals surface area (Å²) in [6, 6.07) is 20.9. The van der Waals surface area contributed by atoms with Gasteiger partial charge in [0.25, 0.3) is 0 Å². The molecular weight excluding hydrogens is 334 g/mol. The molecule has 0 aromatic heterocycles. The van der Waals surface area contributed by atoms with Gasteiger partial charge in [0.1, 0.15) is 17.3 Å². The van der Waals surface area contributed by atoms with Crippen LogP contribution in [0.5, 0.6) is 0 Å². The molecule has 128 valence electrons. The summed E-state index contributed by atoms with van der Waals surface area (Å²) < 4.78 is 27.3. The van der Waals surface area contributed by atoms with Crippen molar-refractivity contribution in [1.29, 1.82) is 0 Å². The van der Waals surface area contributed by atoms with Crippen LogP contribution in [0.4, 0.5) is 8.78 Å². The molecule has 3 nitrogen and oxygen atoms in total. The summed E-state index contributed by atoms with van der Waals surface area (Å²) in [5.41, 5.74) is 0.788. The highest BCUT2D eigenvalue weighted by Crippen LogP contribution is 2.11. The fourth-order valence-corrected chi connectivity index (χ4v) is 2.33. The SMILES string of the molecule is O=C(/C(=N\N=C/c1c(F)cccc1F)c1ccccc1)c1ccccc1. The van der Waals surface area contributed by atoms with E-state index in [0.29, 0.717) is 11.1 Å². The van der Waals surface area contributed by atoms with E-state index < -0.39 is 11.6 Å². The molecule has 3 aromatic carbocycles. The van der Waals surface area contributed by atoms with Crippen molar-refractivity contribution in [3.05, 3.63) is 107 Å². The number of carbonyl (C=O) groups excluding carboxylic acids is 1. The number of benzene rings is 3. The third-order valence-electron chi connectivity index (χ3n) is 3.64. The maximum absolute atomic E-state index is 13.7. The average molecular weight is 348 g/mol. The number of carbonyl (C=O) groups is 1. The Kier molecular flexibility index (Phi) is 5.39. The molecule has 3 aromatic rings. The van der Waals surface area contributed by atoms with Crippen molar-refractivity contribution >= 4 is 17.7 Å². The van der Waals surface area contributed by atoms with E-state index in [2.05, 4.69) is 10.2 Å². The maximum atomic E-state index is 13.7. The quantitative estimate of drug-likeness (QED) is 0.375. The Morgan fingerprint density at radius 1 is 0.731 bits per heavy atom. The van der Waals surface area contributed by atoms with E-state index >= 15 is 0 Å². The minimum Gasteiger partial charge on any atom is -0.287 e. The molecular formula is C21H14F2N2O. The van der Waals surface area contributed by atoms with Gasteiger partial charge < -0.3 is 0 Å². The molecule has 0 amide bonds. The molecule has 0 aliphatic carbocycles. The third-order valence-corrected chi connectivity index (χ3v) is 3.64. The lowest BCUT2D eigenvalue weighted by molar-refractivity contribution is 0.106. The smallest absolute Gasteiger partial charge is 0.213 e. The standard InChI is InChI=1S/C21H14F2N2O/c22-18-12-7-13-19(23)17(18)14-24-25-20(15-8-3-1-4-9-15)21(26)16-10-5-2-6-11-16/h1-14H/b24-14-,25-20-. The van der Waals surface area contributed by atoms with E-state index in [1.54, 1.807) is 54.6 Å². The molecule has 0 bridgehead atoms. The van der Waals surface area contributed by atoms with Gasteiger partial charge in [-0.25, -0.2) is 8.78 Å². The highest BCUT2D eigenvalue weighted by atomic mass is 19.1. The van der Waals surface area contributed by atoms with Gasteiger partial charge in [0.05, 0.1) is 11.8 Å². The van der Waals surface area contributed by atoms with Gasteiger partial charge in [-0.3, -0.25) is 4.79 Å². The Balaban J connectivity index is 2.00. The van der Waals surface area contributed by atoms with Gasteiger partial charge in [-0.2, -0.15) is 5.10 Å². The van der Waals surface area contributed by atoms with E-state index in [1.807, 2.05) is 6.07 Å². The minimum atomic E-state index is -0.750. The van der Waals surface area contributed by atoms with E-state index in [9.17, 15) is 13.6 Å². The first-order chi connectivity index (χ1) is 12.7. The summed E-state index contributed by atoms with van der Waals surface area (Å²) in [6.45, 7) is 0. The third kappa shape index (κ3) is 3.95. The fraction of sp³-hybridized carbons (Fsp3) is 0. The summed E-state index contributed by atoms with van der Waals surface area (Å²) in [5, 5.41) is 7.70. The molecule has 0 radical (unpaired) electrons. The van der Waals surface area contributed by atoms with Crippen LogP contribution in [0.15, 0.2) is 89.1 Å². The minimum absolute atomic E-state index is 0.0878. The Hall–Kier alpha value is -3.47. The number of halogens is 2. The second kappa shape index (κ2) is 8.07. The van der Waals surface area contributed by atoms with Crippen molar-refractivity contribution in [3.8, 4) is 0 Å². The lowest BCUT2D eigenvalue weighted by Crippen LogP contribution is -2.15. The van der Waals surface area contributed by atoms with Gasteiger partial charge in [0.2, 0.25) is 5.78 Å². The Bertz CT molecular complexity index is 948. The van der Waals surface area contributed by atoms with E-state index in [-0.39, 0.29) is 17.1 Å². The van der Waals surface area contributed by atoms with E-state index in [1.165, 1.54) is 6.07 Å². The second-order valence-corrected chi connectivity index (χ2v) is 5.39. The van der Waals surface area contributed by atoms with Gasteiger partial charge in [0, 0.05) is 11.1 Å². The topological polar surface area (TPSA) is 41.8 Å². The maximum Gasteiger partial charge on any atom is 0.213 e. The number of Topliss-reactive ketones (excluding diaryl/α,β-unsaturated/α-hetero) is 1. The summed E-state index contributed by atoms with van der Waals surface area (Å²) in [6.07, 6.45) is 0.964. The van der Waals surface area contributed by atoms with Gasteiger partial charge in [-0.15, -0.1) is 5.10 Å². The number of hydrogen-bond acceptors (Lipinski definition) is 3. The zero-order valence-corrected chi connectivity index (χ0v) is 13.6. The Morgan fingerprint density at radius 2 is 1.27 bits per heavy atom. The molecule has 0 aliphatic heterocycles. The van der Waals surface area contributed by atoms with E-state index in [4.69, 9.17) is 0 Å². The molecule has 3 rings (SSSR count). The van der Waals surface area contributed by atoms with Crippen molar-refractivity contribution in [2.75, 3.05) is 0 Å². The van der Waals surface area contributed by atoms with Crippen LogP contribution in [-0.4, -0.2) is 17.7 Å². The van der Waals surface area contributed by atoms with Crippen molar-refractivity contribution < 1.29 is 13.6 Å². The number of nitrogens with zero attached hydrogens (tertiary/aromatic N) is 2. The predicted molar refractivity (Wildman–Crippen MR) is 97.7 cm³/mol. The second-order valence-electron chi connectivity index (χ2n) is 5.39. The van der Waals surface area contributed by atoms with E-state index in [0.717, 1.165) is 18.3 Å². The van der Waals surface area contributed by atoms with Crippen LogP contribution < -0.4 is 0 Å². The van der Waals surface area contributed by atoms with Gasteiger partial charge >= 0.3 is 0 Å². The van der Waals surface area contributed by atoms with Crippen LogP contribution in [0.25, 0.3) is 0 Å². The predicted octanol–water partition coefficient (Wildman–Crippen LogP) is 4.67. The van der Waals surface area contributed by atoms with Gasteiger partial charge in [-0.05, 0) is 12.1 Å². The van der Waals surface area contributed by atoms with Crippen molar-refractivity contribution in [1.82, 2.24) is 0 Å². The summed E-state index contributed by atoms with van der Waals surface area (Å²) in [5.74, 6) is -1.83. The molecule has 0 unspecified atom stereocenters. The number of ketones is 1. The average Bonchev–Trinajstić information content (AvgIpc) is 2.68. The zero-order valence-electron chi connectivity index (χ0n) is 13.6. The van der Waals surface area contributed by atoms with Crippen LogP contribution in [0.1, 0.15) is 21.5 Å². The van der Waals surface area contributed by atoms with Crippen molar-refractivity contribution in [3.63, 3.8) is 0 Å². The Morgan fingerprint density at radius 3 is 1.85 bits per heavy atom. The van der Waals surface area contributed by atoms with Crippen LogP contribution in [-0.2, 0) is 0 Å². The number of hydrogen-bond donors (Lipinski definition) is 0. The molecule has 0 atom stereocenters. The first-order valence-corrected chi connectivity index (χ1v) is 7.87. The number of rotatable bonds is 5. The monoisotopic (exact) mass is 348 g/mol. The van der Waals surface area contributed by atoms with Crippen LogP contribution in [0.2, 0.25) is 0 Å². The molecule has 0 saturated carbocycles. The molecule has 0 aliphatic rings. The highest BCUT2D eigenvalue weighted by Gasteiger charge is 2.16. The molecule has 26 heavy (non-hydrogen) atoms. The lowest BCUT2D eigenvalue weighted by Gasteiger charge is -2.04.